The van der Waals surface area contributed by atoms with Crippen LogP contribution in [-0.2, 0) is 0 Å². The largest absolute Gasteiger partial charge is 0.368 e. The molecule has 0 aromatic rings. The van der Waals surface area contributed by atoms with Crippen molar-refractivity contribution in [2.75, 3.05) is 20.6 Å². The van der Waals surface area contributed by atoms with Crippen molar-refractivity contribution in [1.82, 2.24) is 9.80 Å². The second-order valence-corrected chi connectivity index (χ2v) is 4.28. The van der Waals surface area contributed by atoms with Gasteiger partial charge >= 0.3 is 0 Å². The first-order chi connectivity index (χ1) is 7.15. The van der Waals surface area contributed by atoms with Gasteiger partial charge in [-0.2, -0.15) is 0 Å². The van der Waals surface area contributed by atoms with Crippen LogP contribution in [0, 0.1) is 0 Å². The minimum atomic E-state index is -0.628. The number of aliphatic hydroxyl groups excluding tert-OH is 1. The average molecular weight is 209 g/mol. The Morgan fingerprint density at radius 3 is 2.87 bits per heavy atom. The Morgan fingerprint density at radius 1 is 1.53 bits per heavy atom. The van der Waals surface area contributed by atoms with E-state index in [1.54, 1.807) is 0 Å². The topological polar surface area (TPSA) is 39.1 Å². The van der Waals surface area contributed by atoms with E-state index in [2.05, 4.69) is 16.8 Å². The Morgan fingerprint density at radius 2 is 2.27 bits per heavy atom. The van der Waals surface area contributed by atoms with Crippen molar-refractivity contribution in [3.8, 4) is 0 Å². The maximum Gasteiger partial charge on any atom is 0.203 e. The first kappa shape index (κ1) is 10.5. The Balaban J connectivity index is 2.36. The molecular formula is C11H19N3O. The molecule has 0 bridgehead atoms. The Hall–Kier alpha value is -1.03. The van der Waals surface area contributed by atoms with Gasteiger partial charge in [0.1, 0.15) is 0 Å². The van der Waals surface area contributed by atoms with Crippen molar-refractivity contribution in [2.45, 2.75) is 32.4 Å². The van der Waals surface area contributed by atoms with Gasteiger partial charge in [0.05, 0.1) is 0 Å². The van der Waals surface area contributed by atoms with Crippen LogP contribution in [0.5, 0.6) is 0 Å². The van der Waals surface area contributed by atoms with Crippen LogP contribution < -0.4 is 0 Å². The molecule has 84 valence electrons. The van der Waals surface area contributed by atoms with Crippen LogP contribution >= 0.6 is 0 Å². The van der Waals surface area contributed by atoms with E-state index in [1.807, 2.05) is 19.0 Å². The van der Waals surface area contributed by atoms with E-state index in [4.69, 9.17) is 0 Å². The maximum absolute atomic E-state index is 9.94. The fourth-order valence-corrected chi connectivity index (χ4v) is 2.38. The lowest BCUT2D eigenvalue weighted by Crippen LogP contribution is -2.42. The molecule has 4 nitrogen and oxygen atoms in total. The molecule has 1 atom stereocenters. The zero-order valence-electron chi connectivity index (χ0n) is 9.69. The molecule has 2 rings (SSSR count). The van der Waals surface area contributed by atoms with Crippen molar-refractivity contribution in [3.63, 3.8) is 0 Å². The Bertz CT molecular complexity index is 320. The summed E-state index contributed by atoms with van der Waals surface area (Å²) >= 11 is 0. The number of allylic oxidation sites excluding steroid dienone is 1. The fraction of sp³-hybridized carbons (Fsp3) is 0.727. The van der Waals surface area contributed by atoms with E-state index in [1.165, 1.54) is 12.1 Å². The van der Waals surface area contributed by atoms with Gasteiger partial charge in [0, 0.05) is 26.3 Å². The molecular weight excluding hydrogens is 190 g/mol. The van der Waals surface area contributed by atoms with E-state index in [-0.39, 0.29) is 0 Å². The molecule has 1 fully saturated rings. The van der Waals surface area contributed by atoms with Gasteiger partial charge in [0.25, 0.3) is 0 Å². The molecule has 1 saturated heterocycles. The van der Waals surface area contributed by atoms with Gasteiger partial charge in [-0.3, -0.25) is 0 Å². The molecule has 1 unspecified atom stereocenters. The number of rotatable bonds is 1. The molecule has 0 amide bonds. The van der Waals surface area contributed by atoms with Crippen molar-refractivity contribution in [2.24, 2.45) is 4.99 Å². The zero-order valence-corrected chi connectivity index (χ0v) is 9.69. The summed E-state index contributed by atoms with van der Waals surface area (Å²) in [5.74, 6) is 0.896. The summed E-state index contributed by atoms with van der Waals surface area (Å²) in [6.45, 7) is 3.11. The zero-order chi connectivity index (χ0) is 11.0. The molecule has 0 radical (unpaired) electrons. The number of hydrogen-bond acceptors (Lipinski definition) is 4. The highest BCUT2D eigenvalue weighted by Gasteiger charge is 2.32. The van der Waals surface area contributed by atoms with Crippen molar-refractivity contribution >= 4 is 5.96 Å². The van der Waals surface area contributed by atoms with E-state index in [0.29, 0.717) is 0 Å². The Kier molecular flexibility index (Phi) is 2.69. The molecule has 0 saturated carbocycles. The second kappa shape index (κ2) is 3.85. The predicted octanol–water partition coefficient (Wildman–Crippen LogP) is 0.996. The summed E-state index contributed by atoms with van der Waals surface area (Å²) in [7, 11) is 3.94. The summed E-state index contributed by atoms with van der Waals surface area (Å²) in [6, 6.07) is 0. The van der Waals surface area contributed by atoms with Gasteiger partial charge in [-0.05, 0) is 24.8 Å². The second-order valence-electron chi connectivity index (χ2n) is 4.28. The van der Waals surface area contributed by atoms with Crippen molar-refractivity contribution in [1.29, 1.82) is 0 Å². The summed E-state index contributed by atoms with van der Waals surface area (Å²) in [4.78, 5) is 8.56. The first-order valence-electron chi connectivity index (χ1n) is 5.57. The van der Waals surface area contributed by atoms with E-state index < -0.39 is 6.23 Å². The molecule has 15 heavy (non-hydrogen) atoms. The third-order valence-electron chi connectivity index (χ3n) is 3.06. The SMILES string of the molecule is CCC1=C2CCCN2C(N(C)C)=NC1O. The van der Waals surface area contributed by atoms with Crippen molar-refractivity contribution < 1.29 is 5.11 Å². The standard InChI is InChI=1S/C11H19N3O/c1-4-8-9-6-5-7-14(9)11(13(2)3)12-10(8)15/h10,15H,4-7H2,1-3H3. The van der Waals surface area contributed by atoms with E-state index in [0.717, 1.165) is 30.9 Å². The Labute approximate surface area is 90.9 Å². The van der Waals surface area contributed by atoms with Crippen LogP contribution in [0.4, 0.5) is 0 Å². The van der Waals surface area contributed by atoms with Crippen LogP contribution in [-0.4, -0.2) is 47.7 Å². The summed E-state index contributed by atoms with van der Waals surface area (Å²) in [6.07, 6.45) is 2.50. The molecule has 2 aliphatic rings. The number of guanidine groups is 1. The van der Waals surface area contributed by atoms with Gasteiger partial charge in [-0.25, -0.2) is 4.99 Å². The quantitative estimate of drug-likeness (QED) is 0.700. The highest BCUT2D eigenvalue weighted by molar-refractivity contribution is 5.83. The molecule has 2 aliphatic heterocycles. The molecule has 0 aromatic heterocycles. The molecule has 2 heterocycles. The molecule has 0 aliphatic carbocycles. The van der Waals surface area contributed by atoms with Gasteiger partial charge in [0.15, 0.2) is 6.23 Å². The number of fused-ring (bicyclic) bond motifs is 1. The summed E-state index contributed by atoms with van der Waals surface area (Å²) < 4.78 is 0. The normalized spacial score (nSPS) is 25.5. The van der Waals surface area contributed by atoms with E-state index >= 15 is 0 Å². The monoisotopic (exact) mass is 209 g/mol. The van der Waals surface area contributed by atoms with Gasteiger partial charge in [-0.15, -0.1) is 0 Å². The summed E-state index contributed by atoms with van der Waals surface area (Å²) in [5.41, 5.74) is 2.39. The lowest BCUT2D eigenvalue weighted by Gasteiger charge is -2.33. The minimum Gasteiger partial charge on any atom is -0.368 e. The molecule has 0 aromatic carbocycles. The fourth-order valence-electron chi connectivity index (χ4n) is 2.38. The highest BCUT2D eigenvalue weighted by Crippen LogP contribution is 2.32. The smallest absolute Gasteiger partial charge is 0.203 e. The number of nitrogens with zero attached hydrogens (tertiary/aromatic N) is 3. The average Bonchev–Trinajstić information content (AvgIpc) is 2.64. The highest BCUT2D eigenvalue weighted by atomic mass is 16.3. The minimum absolute atomic E-state index is 0.628. The number of hydrogen-bond donors (Lipinski definition) is 1. The van der Waals surface area contributed by atoms with Crippen molar-refractivity contribution in [3.05, 3.63) is 11.3 Å². The lowest BCUT2D eigenvalue weighted by molar-refractivity contribution is 0.202. The van der Waals surface area contributed by atoms with Crippen LogP contribution in [0.2, 0.25) is 0 Å². The third kappa shape index (κ3) is 1.63. The van der Waals surface area contributed by atoms with Gasteiger partial charge in [0.2, 0.25) is 5.96 Å². The number of aliphatic hydroxyl groups is 1. The van der Waals surface area contributed by atoms with Crippen LogP contribution in [0.25, 0.3) is 0 Å². The lowest BCUT2D eigenvalue weighted by atomic mass is 10.1. The summed E-state index contributed by atoms with van der Waals surface area (Å²) in [5, 5.41) is 9.94. The maximum atomic E-state index is 9.94. The molecule has 0 spiro atoms. The van der Waals surface area contributed by atoms with Crippen LogP contribution in [0.3, 0.4) is 0 Å². The van der Waals surface area contributed by atoms with Crippen LogP contribution in [0.1, 0.15) is 26.2 Å². The predicted molar refractivity (Wildman–Crippen MR) is 60.4 cm³/mol. The van der Waals surface area contributed by atoms with Gasteiger partial charge in [-0.1, -0.05) is 6.92 Å². The third-order valence-corrected chi connectivity index (χ3v) is 3.06. The van der Waals surface area contributed by atoms with Crippen LogP contribution in [0.15, 0.2) is 16.3 Å². The van der Waals surface area contributed by atoms with E-state index in [9.17, 15) is 5.11 Å². The number of aliphatic imine (C=N–C) groups is 1. The van der Waals surface area contributed by atoms with Gasteiger partial charge < -0.3 is 14.9 Å². The molecule has 4 heteroatoms. The first-order valence-corrected chi connectivity index (χ1v) is 5.57. The molecule has 1 N–H and O–H groups in total.